The van der Waals surface area contributed by atoms with Crippen molar-refractivity contribution < 1.29 is 33.3 Å². The fraction of sp³-hybridized carbons (Fsp3) is 0.590. The quantitative estimate of drug-likeness (QED) is 0.170. The number of carbonyl (C=O) groups is 2. The van der Waals surface area contributed by atoms with Gasteiger partial charge in [0.25, 0.3) is 0 Å². The monoisotopic (exact) mass is 643 g/mol. The zero-order chi connectivity index (χ0) is 32.8. The minimum atomic E-state index is -0.389. The molecule has 3 aliphatic carbocycles. The number of amides is 1. The normalized spacial score (nSPS) is 33.8. The number of benzene rings is 2. The molecule has 7 rings (SSSR count). The van der Waals surface area contributed by atoms with Crippen LogP contribution in [-0.2, 0) is 28.5 Å². The van der Waals surface area contributed by atoms with Gasteiger partial charge in [-0.05, 0) is 93.9 Å². The summed E-state index contributed by atoms with van der Waals surface area (Å²) in [5.41, 5.74) is 5.51. The maximum Gasteiger partial charge on any atom is 0.407 e. The van der Waals surface area contributed by atoms with E-state index >= 15 is 0 Å². The van der Waals surface area contributed by atoms with Crippen molar-refractivity contribution in [3.8, 4) is 11.1 Å². The van der Waals surface area contributed by atoms with E-state index in [1.165, 1.54) is 27.8 Å². The summed E-state index contributed by atoms with van der Waals surface area (Å²) < 4.78 is 30.4. The Hall–Kier alpha value is -3.20. The fourth-order valence-corrected chi connectivity index (χ4v) is 8.80. The van der Waals surface area contributed by atoms with Crippen LogP contribution in [0.2, 0.25) is 0 Å². The van der Waals surface area contributed by atoms with Gasteiger partial charge >= 0.3 is 12.1 Å². The molecule has 2 saturated heterocycles. The first-order chi connectivity index (χ1) is 22.7. The minimum Gasteiger partial charge on any atom is -0.459 e. The van der Waals surface area contributed by atoms with Gasteiger partial charge in [0, 0.05) is 19.6 Å². The third-order valence-corrected chi connectivity index (χ3v) is 11.6. The molecule has 0 aromatic heterocycles. The van der Waals surface area contributed by atoms with Gasteiger partial charge in [-0.25, -0.2) is 4.79 Å². The lowest BCUT2D eigenvalue weighted by Crippen LogP contribution is -2.56. The van der Waals surface area contributed by atoms with Gasteiger partial charge in [-0.3, -0.25) is 4.79 Å². The summed E-state index contributed by atoms with van der Waals surface area (Å²) in [4.78, 5) is 26.2. The molecule has 8 nitrogen and oxygen atoms in total. The van der Waals surface area contributed by atoms with Crippen LogP contribution in [0.25, 0.3) is 11.1 Å². The van der Waals surface area contributed by atoms with Gasteiger partial charge in [0.2, 0.25) is 0 Å². The Morgan fingerprint density at radius 2 is 1.64 bits per heavy atom. The number of epoxide rings is 2. The Kier molecular flexibility index (Phi) is 8.96. The van der Waals surface area contributed by atoms with Crippen LogP contribution >= 0.6 is 0 Å². The molecule has 5 aliphatic rings. The summed E-state index contributed by atoms with van der Waals surface area (Å²) in [6, 6.07) is 16.7. The van der Waals surface area contributed by atoms with Crippen molar-refractivity contribution in [1.29, 1.82) is 0 Å². The second-order valence-corrected chi connectivity index (χ2v) is 14.8. The number of fused-ring (bicyclic) bond motifs is 3. The first kappa shape index (κ1) is 32.4. The number of hydrogen-bond acceptors (Lipinski definition) is 7. The van der Waals surface area contributed by atoms with Gasteiger partial charge in [0.15, 0.2) is 0 Å². The second kappa shape index (κ2) is 13.0. The Morgan fingerprint density at radius 1 is 0.979 bits per heavy atom. The van der Waals surface area contributed by atoms with Gasteiger partial charge in [-0.1, -0.05) is 60.2 Å². The number of nitrogens with one attached hydrogen (secondary N) is 1. The highest BCUT2D eigenvalue weighted by molar-refractivity contribution is 5.79. The summed E-state index contributed by atoms with van der Waals surface area (Å²) in [5.74, 6) is 0.0960. The van der Waals surface area contributed by atoms with Crippen LogP contribution < -0.4 is 5.32 Å². The number of esters is 1. The highest BCUT2D eigenvalue weighted by Crippen LogP contribution is 2.59. The number of carbonyl (C=O) groups excluding carboxylic acids is 2. The van der Waals surface area contributed by atoms with Crippen molar-refractivity contribution in [3.63, 3.8) is 0 Å². The molecule has 0 radical (unpaired) electrons. The molecular weight excluding hydrogens is 594 g/mol. The van der Waals surface area contributed by atoms with E-state index in [9.17, 15) is 9.59 Å². The second-order valence-electron chi connectivity index (χ2n) is 14.8. The van der Waals surface area contributed by atoms with E-state index in [-0.39, 0.29) is 59.3 Å². The summed E-state index contributed by atoms with van der Waals surface area (Å²) >= 11 is 0. The third kappa shape index (κ3) is 6.36. The predicted octanol–water partition coefficient (Wildman–Crippen LogP) is 6.95. The molecule has 2 heterocycles. The van der Waals surface area contributed by atoms with E-state index in [2.05, 4.69) is 56.4 Å². The SMILES string of the molecule is CO[C@H]1[C@H](C2(C)O[C@@H]2CC=C(C)C)[C@]2(CC[C@H]1OC(=O)C1CCC(CNC(=O)OCC3c4ccccc4-c4ccccc43)CC1)CO2. The lowest BCUT2D eigenvalue weighted by Gasteiger charge is -2.43. The third-order valence-electron chi connectivity index (χ3n) is 11.6. The zero-order valence-electron chi connectivity index (χ0n) is 28.2. The first-order valence-electron chi connectivity index (χ1n) is 17.5. The van der Waals surface area contributed by atoms with Crippen LogP contribution in [0.15, 0.2) is 60.2 Å². The highest BCUT2D eigenvalue weighted by Gasteiger charge is 2.72. The molecule has 6 atom stereocenters. The number of rotatable bonds is 10. The van der Waals surface area contributed by atoms with Crippen molar-refractivity contribution in [3.05, 3.63) is 71.3 Å². The molecule has 2 aromatic carbocycles. The lowest BCUT2D eigenvalue weighted by atomic mass is 9.68. The van der Waals surface area contributed by atoms with E-state index in [1.807, 2.05) is 24.3 Å². The summed E-state index contributed by atoms with van der Waals surface area (Å²) in [6.07, 6.45) is 7.04. The molecule has 1 unspecified atom stereocenters. The van der Waals surface area contributed by atoms with E-state index in [1.54, 1.807) is 7.11 Å². The Balaban J connectivity index is 0.872. The number of methoxy groups -OCH3 is 1. The lowest BCUT2D eigenvalue weighted by molar-refractivity contribution is -0.177. The van der Waals surface area contributed by atoms with Gasteiger partial charge in [-0.2, -0.15) is 0 Å². The molecule has 8 heteroatoms. The molecule has 1 N–H and O–H groups in total. The average molecular weight is 644 g/mol. The molecule has 1 amide bonds. The van der Waals surface area contributed by atoms with Crippen molar-refractivity contribution in [2.75, 3.05) is 26.9 Å². The Labute approximate surface area is 278 Å². The van der Waals surface area contributed by atoms with Crippen LogP contribution in [0.4, 0.5) is 4.79 Å². The molecule has 47 heavy (non-hydrogen) atoms. The van der Waals surface area contributed by atoms with E-state index in [0.29, 0.717) is 25.7 Å². The van der Waals surface area contributed by atoms with Crippen LogP contribution in [-0.4, -0.2) is 68.4 Å². The molecule has 1 spiro atoms. The van der Waals surface area contributed by atoms with Crippen molar-refractivity contribution in [1.82, 2.24) is 5.32 Å². The fourth-order valence-electron chi connectivity index (χ4n) is 8.80. The average Bonchev–Trinajstić information content (AvgIpc) is 3.97. The van der Waals surface area contributed by atoms with E-state index in [4.69, 9.17) is 23.7 Å². The topological polar surface area (TPSA) is 98.9 Å². The number of hydrogen-bond donors (Lipinski definition) is 1. The predicted molar refractivity (Wildman–Crippen MR) is 178 cm³/mol. The number of allylic oxidation sites excluding steroid dienone is 1. The molecule has 252 valence electrons. The molecule has 2 saturated carbocycles. The number of ether oxygens (including phenoxy) is 5. The maximum absolute atomic E-state index is 13.4. The molecule has 4 fully saturated rings. The van der Waals surface area contributed by atoms with E-state index < -0.39 is 0 Å². The molecular formula is C39H49NO7. The maximum atomic E-state index is 13.4. The first-order valence-corrected chi connectivity index (χ1v) is 17.5. The van der Waals surface area contributed by atoms with Gasteiger partial charge in [-0.15, -0.1) is 0 Å². The zero-order valence-corrected chi connectivity index (χ0v) is 28.2. The largest absolute Gasteiger partial charge is 0.459 e. The van der Waals surface area contributed by atoms with Crippen LogP contribution in [0.3, 0.4) is 0 Å². The molecule has 0 bridgehead atoms. The Morgan fingerprint density at radius 3 is 2.26 bits per heavy atom. The standard InChI is InChI=1S/C39H49NO7/c1-24(2)13-18-33-38(3,47-33)35-34(43-4)32(19-20-39(35)23-45-39)46-36(41)26-16-14-25(15-17-26)21-40-37(42)44-22-31-29-11-7-5-9-27(29)28-10-6-8-12-30(28)31/h5-13,25-26,31-35H,14-23H2,1-4H3,(H,40,42)/t25?,26?,32-,33-,34-,35-,38?,39+/m1/s1. The summed E-state index contributed by atoms with van der Waals surface area (Å²) in [5, 5.41) is 2.98. The van der Waals surface area contributed by atoms with E-state index in [0.717, 1.165) is 44.9 Å². The minimum absolute atomic E-state index is 0.0156. The summed E-state index contributed by atoms with van der Waals surface area (Å²) in [6.45, 7) is 7.93. The van der Waals surface area contributed by atoms with Gasteiger partial charge in [0.05, 0.1) is 24.5 Å². The Bertz CT molecular complexity index is 1460. The van der Waals surface area contributed by atoms with Gasteiger partial charge < -0.3 is 29.0 Å². The van der Waals surface area contributed by atoms with Gasteiger partial charge in [0.1, 0.15) is 30.0 Å². The van der Waals surface area contributed by atoms with Crippen molar-refractivity contribution in [2.45, 2.75) is 101 Å². The smallest absolute Gasteiger partial charge is 0.407 e. The van der Waals surface area contributed by atoms with Crippen LogP contribution in [0, 0.1) is 17.8 Å². The van der Waals surface area contributed by atoms with Crippen LogP contribution in [0.5, 0.6) is 0 Å². The van der Waals surface area contributed by atoms with Crippen molar-refractivity contribution in [2.24, 2.45) is 17.8 Å². The molecule has 2 aromatic rings. The number of alkyl carbamates (subject to hydrolysis) is 1. The molecule has 2 aliphatic heterocycles. The highest BCUT2D eigenvalue weighted by atomic mass is 16.6. The summed E-state index contributed by atoms with van der Waals surface area (Å²) in [7, 11) is 1.71. The van der Waals surface area contributed by atoms with Crippen LogP contribution in [0.1, 0.15) is 82.8 Å². The van der Waals surface area contributed by atoms with Crippen molar-refractivity contribution >= 4 is 12.1 Å².